The number of amides is 1. The molecule has 1 atom stereocenters. The molecule has 1 aliphatic rings. The first-order chi connectivity index (χ1) is 14.7. The van der Waals surface area contributed by atoms with Crippen LogP contribution in [-0.2, 0) is 11.3 Å². The Labute approximate surface area is 182 Å². The van der Waals surface area contributed by atoms with Crippen LogP contribution >= 0.6 is 0 Å². The highest BCUT2D eigenvalue weighted by atomic mass is 19.1. The van der Waals surface area contributed by atoms with Gasteiger partial charge in [0.15, 0.2) is 0 Å². The molecule has 7 heteroatoms. The van der Waals surface area contributed by atoms with Crippen molar-refractivity contribution in [2.45, 2.75) is 45.9 Å². The fraction of sp³-hybridized carbons (Fsp3) is 0.417. The molecule has 4 rings (SSSR count). The van der Waals surface area contributed by atoms with Crippen molar-refractivity contribution in [1.82, 2.24) is 14.5 Å². The summed E-state index contributed by atoms with van der Waals surface area (Å²) in [5.41, 5.74) is 2.44. The van der Waals surface area contributed by atoms with Crippen LogP contribution in [0.4, 0.5) is 15.1 Å². The molecule has 0 spiro atoms. The predicted octanol–water partition coefficient (Wildman–Crippen LogP) is 4.67. The minimum absolute atomic E-state index is 0.0741. The number of anilines is 1. The topological polar surface area (TPSA) is 50.6 Å². The standard InChI is InChI=1S/C24H29FN4O2/c1-17-15-27(23(30)31-24(2,3)4)13-14-28(17)22-26-20-7-5-6-8-21(20)29(22)16-18-9-11-19(25)12-10-18/h5-12,17H,13-16H2,1-4H3/t17-/m1/s1. The summed E-state index contributed by atoms with van der Waals surface area (Å²) >= 11 is 0. The molecular weight excluding hydrogens is 395 g/mol. The Morgan fingerprint density at radius 3 is 2.52 bits per heavy atom. The van der Waals surface area contributed by atoms with E-state index in [0.29, 0.717) is 26.2 Å². The molecule has 0 saturated carbocycles. The van der Waals surface area contributed by atoms with Gasteiger partial charge in [-0.05, 0) is 57.5 Å². The van der Waals surface area contributed by atoms with Gasteiger partial charge in [-0.2, -0.15) is 0 Å². The van der Waals surface area contributed by atoms with Gasteiger partial charge in [0.05, 0.1) is 17.6 Å². The van der Waals surface area contributed by atoms with Gasteiger partial charge in [-0.1, -0.05) is 24.3 Å². The van der Waals surface area contributed by atoms with Gasteiger partial charge in [0.2, 0.25) is 5.95 Å². The van der Waals surface area contributed by atoms with E-state index in [1.165, 1.54) is 12.1 Å². The number of nitrogens with zero attached hydrogens (tertiary/aromatic N) is 4. The molecule has 1 saturated heterocycles. The molecule has 1 aromatic heterocycles. The second-order valence-electron chi connectivity index (χ2n) is 9.08. The lowest BCUT2D eigenvalue weighted by molar-refractivity contribution is 0.0218. The van der Waals surface area contributed by atoms with E-state index in [1.54, 1.807) is 17.0 Å². The summed E-state index contributed by atoms with van der Waals surface area (Å²) in [5, 5.41) is 0. The lowest BCUT2D eigenvalue weighted by Crippen LogP contribution is -2.55. The lowest BCUT2D eigenvalue weighted by atomic mass is 10.2. The van der Waals surface area contributed by atoms with Gasteiger partial charge in [0.25, 0.3) is 0 Å². The number of fused-ring (bicyclic) bond motifs is 1. The Hall–Kier alpha value is -3.09. The Balaban J connectivity index is 1.61. The highest BCUT2D eigenvalue weighted by Crippen LogP contribution is 2.27. The minimum Gasteiger partial charge on any atom is -0.444 e. The zero-order chi connectivity index (χ0) is 22.2. The molecule has 1 aliphatic heterocycles. The second-order valence-corrected chi connectivity index (χ2v) is 9.08. The van der Waals surface area contributed by atoms with Crippen molar-refractivity contribution < 1.29 is 13.9 Å². The first kappa shape index (κ1) is 21.2. The van der Waals surface area contributed by atoms with Crippen molar-refractivity contribution in [3.63, 3.8) is 0 Å². The third kappa shape index (κ3) is 4.65. The first-order valence-electron chi connectivity index (χ1n) is 10.7. The highest BCUT2D eigenvalue weighted by Gasteiger charge is 2.32. The van der Waals surface area contributed by atoms with Crippen LogP contribution in [-0.4, -0.2) is 51.8 Å². The van der Waals surface area contributed by atoms with Crippen LogP contribution in [0.15, 0.2) is 48.5 Å². The number of halogens is 1. The third-order valence-electron chi connectivity index (χ3n) is 5.42. The number of ether oxygens (including phenoxy) is 1. The smallest absolute Gasteiger partial charge is 0.410 e. The Kier molecular flexibility index (Phi) is 5.60. The van der Waals surface area contributed by atoms with Crippen LogP contribution in [0.5, 0.6) is 0 Å². The van der Waals surface area contributed by atoms with Gasteiger partial charge in [0.1, 0.15) is 11.4 Å². The van der Waals surface area contributed by atoms with Gasteiger partial charge < -0.3 is 19.1 Å². The average Bonchev–Trinajstić information content (AvgIpc) is 3.06. The fourth-order valence-corrected chi connectivity index (χ4v) is 3.96. The molecule has 0 N–H and O–H groups in total. The van der Waals surface area contributed by atoms with Crippen LogP contribution in [0.2, 0.25) is 0 Å². The van der Waals surface area contributed by atoms with Gasteiger partial charge in [-0.15, -0.1) is 0 Å². The predicted molar refractivity (Wildman–Crippen MR) is 120 cm³/mol. The molecule has 31 heavy (non-hydrogen) atoms. The largest absolute Gasteiger partial charge is 0.444 e. The quantitative estimate of drug-likeness (QED) is 0.613. The molecule has 0 bridgehead atoms. The number of aromatic nitrogens is 2. The van der Waals surface area contributed by atoms with Crippen molar-refractivity contribution in [1.29, 1.82) is 0 Å². The number of hydrogen-bond acceptors (Lipinski definition) is 4. The van der Waals surface area contributed by atoms with E-state index in [-0.39, 0.29) is 18.0 Å². The van der Waals surface area contributed by atoms with Crippen LogP contribution < -0.4 is 4.90 Å². The maximum atomic E-state index is 13.4. The second kappa shape index (κ2) is 8.21. The van der Waals surface area contributed by atoms with Crippen molar-refractivity contribution in [3.05, 3.63) is 59.9 Å². The number of carbonyl (C=O) groups excluding carboxylic acids is 1. The van der Waals surface area contributed by atoms with Crippen LogP contribution in [0, 0.1) is 5.82 Å². The monoisotopic (exact) mass is 424 g/mol. The lowest BCUT2D eigenvalue weighted by Gasteiger charge is -2.40. The van der Waals surface area contributed by atoms with E-state index >= 15 is 0 Å². The number of para-hydroxylation sites is 2. The highest BCUT2D eigenvalue weighted by molar-refractivity contribution is 5.79. The van der Waals surface area contributed by atoms with Crippen molar-refractivity contribution in [2.75, 3.05) is 24.5 Å². The SMILES string of the molecule is C[C@@H]1CN(C(=O)OC(C)(C)C)CCN1c1nc2ccccc2n1Cc1ccc(F)cc1. The minimum atomic E-state index is -0.513. The number of imidazole rings is 1. The summed E-state index contributed by atoms with van der Waals surface area (Å²) in [6.07, 6.45) is -0.279. The number of benzene rings is 2. The van der Waals surface area contributed by atoms with E-state index in [2.05, 4.69) is 22.5 Å². The summed E-state index contributed by atoms with van der Waals surface area (Å²) in [7, 11) is 0. The molecular formula is C24H29FN4O2. The maximum absolute atomic E-state index is 13.4. The Morgan fingerprint density at radius 1 is 1.13 bits per heavy atom. The zero-order valence-corrected chi connectivity index (χ0v) is 18.5. The normalized spacial score (nSPS) is 17.3. The number of rotatable bonds is 3. The molecule has 2 heterocycles. The van der Waals surface area contributed by atoms with E-state index in [4.69, 9.17) is 9.72 Å². The van der Waals surface area contributed by atoms with Crippen LogP contribution in [0.3, 0.4) is 0 Å². The Bertz CT molecular complexity index is 1070. The molecule has 3 aromatic rings. The molecule has 0 radical (unpaired) electrons. The zero-order valence-electron chi connectivity index (χ0n) is 18.5. The molecule has 1 fully saturated rings. The number of piperazine rings is 1. The van der Waals surface area contributed by atoms with Crippen molar-refractivity contribution in [2.24, 2.45) is 0 Å². The van der Waals surface area contributed by atoms with E-state index in [0.717, 1.165) is 22.5 Å². The third-order valence-corrected chi connectivity index (χ3v) is 5.42. The maximum Gasteiger partial charge on any atom is 0.410 e. The molecule has 6 nitrogen and oxygen atoms in total. The van der Waals surface area contributed by atoms with Crippen LogP contribution in [0.1, 0.15) is 33.3 Å². The first-order valence-corrected chi connectivity index (χ1v) is 10.7. The van der Waals surface area contributed by atoms with Crippen molar-refractivity contribution in [3.8, 4) is 0 Å². The fourth-order valence-electron chi connectivity index (χ4n) is 3.96. The summed E-state index contributed by atoms with van der Waals surface area (Å²) in [4.78, 5) is 21.4. The molecule has 0 unspecified atom stereocenters. The van der Waals surface area contributed by atoms with E-state index in [9.17, 15) is 9.18 Å². The van der Waals surface area contributed by atoms with Gasteiger partial charge in [-0.3, -0.25) is 0 Å². The Morgan fingerprint density at radius 2 is 1.84 bits per heavy atom. The number of hydrogen-bond donors (Lipinski definition) is 0. The summed E-state index contributed by atoms with van der Waals surface area (Å²) in [6.45, 7) is 10.1. The molecule has 2 aromatic carbocycles. The average molecular weight is 425 g/mol. The molecule has 0 aliphatic carbocycles. The molecule has 1 amide bonds. The summed E-state index contributed by atoms with van der Waals surface area (Å²) in [5.74, 6) is 0.619. The molecule has 164 valence electrons. The number of carbonyl (C=O) groups is 1. The van der Waals surface area contributed by atoms with Gasteiger partial charge in [0, 0.05) is 25.7 Å². The van der Waals surface area contributed by atoms with Gasteiger partial charge >= 0.3 is 6.09 Å². The van der Waals surface area contributed by atoms with Crippen molar-refractivity contribution >= 4 is 23.1 Å². The van der Waals surface area contributed by atoms with E-state index in [1.807, 2.05) is 39.0 Å². The van der Waals surface area contributed by atoms with Crippen LogP contribution in [0.25, 0.3) is 11.0 Å². The summed E-state index contributed by atoms with van der Waals surface area (Å²) < 4.78 is 21.1. The van der Waals surface area contributed by atoms with Gasteiger partial charge in [-0.25, -0.2) is 14.2 Å². The van der Waals surface area contributed by atoms with E-state index < -0.39 is 5.60 Å². The summed E-state index contributed by atoms with van der Waals surface area (Å²) in [6, 6.07) is 14.7.